The van der Waals surface area contributed by atoms with Crippen LogP contribution in [0.25, 0.3) is 0 Å². The van der Waals surface area contributed by atoms with Crippen molar-refractivity contribution in [3.05, 3.63) is 64.7 Å². The lowest BCUT2D eigenvalue weighted by molar-refractivity contribution is -0.688. The molecular formula is C37H50Br2N2O2. The van der Waals surface area contributed by atoms with E-state index >= 15 is 0 Å². The largest absolute Gasteiger partial charge is 1.00 e. The van der Waals surface area contributed by atoms with Crippen molar-refractivity contribution in [2.75, 3.05) is 6.61 Å². The molecule has 11 atom stereocenters. The van der Waals surface area contributed by atoms with Gasteiger partial charge in [0.05, 0.1) is 12.7 Å². The highest BCUT2D eigenvalue weighted by Gasteiger charge is 2.68. The van der Waals surface area contributed by atoms with Crippen LogP contribution in [-0.4, -0.2) is 23.1 Å². The first-order valence-electron chi connectivity index (χ1n) is 17.0. The molecule has 3 saturated carbocycles. The van der Waals surface area contributed by atoms with Crippen molar-refractivity contribution >= 4 is 15.9 Å². The molecule has 0 N–H and O–H groups in total. The van der Waals surface area contributed by atoms with Crippen LogP contribution in [0.3, 0.4) is 0 Å². The molecule has 3 heterocycles. The van der Waals surface area contributed by atoms with Crippen LogP contribution < -0.4 is 21.5 Å². The molecule has 1 aromatic heterocycles. The monoisotopic (exact) mass is 712 g/mol. The highest BCUT2D eigenvalue weighted by molar-refractivity contribution is 9.10. The summed E-state index contributed by atoms with van der Waals surface area (Å²) in [5.41, 5.74) is 3.86. The second-order valence-electron chi connectivity index (χ2n) is 15.8. The van der Waals surface area contributed by atoms with E-state index < -0.39 is 0 Å². The maximum absolute atomic E-state index is 7.01. The standard InChI is InChI=1S/C37H50BrN2O2.BrH/c1-24-11-16-37(41-22-24)25(2)34-33(42-37)20-31-29-10-9-27-19-28(12-14-35(27,3)30(29)13-15-36(31,34)4)40-18-17-39(23-40)21-26-7-5-6-8-32(26)38;/h5-9,17-18,23-25,28-31,33-34H,10-16,19-22H2,1-4H3;1H/q+1;/p-1/t24-,25+,28-,29-,30+,31+,33+,34+,35+,36+,37-;/m1./s1. The molecule has 5 fully saturated rings. The number of rotatable bonds is 3. The molecule has 2 aromatic rings. The Morgan fingerprint density at radius 2 is 1.88 bits per heavy atom. The van der Waals surface area contributed by atoms with Gasteiger partial charge in [0.25, 0.3) is 0 Å². The molecule has 8 rings (SSSR count). The maximum Gasteiger partial charge on any atom is 0.244 e. The fraction of sp³-hybridized carbons (Fsp3) is 0.703. The van der Waals surface area contributed by atoms with Crippen LogP contribution in [0.15, 0.2) is 59.1 Å². The minimum absolute atomic E-state index is 0. The molecule has 4 nitrogen and oxygen atoms in total. The average Bonchev–Trinajstić information content (AvgIpc) is 3.64. The van der Waals surface area contributed by atoms with Crippen molar-refractivity contribution in [3.8, 4) is 0 Å². The summed E-state index contributed by atoms with van der Waals surface area (Å²) < 4.78 is 19.6. The first kappa shape index (κ1) is 30.7. The van der Waals surface area contributed by atoms with Crippen LogP contribution in [0.1, 0.15) is 97.1 Å². The van der Waals surface area contributed by atoms with Crippen molar-refractivity contribution in [1.29, 1.82) is 0 Å². The molecule has 0 unspecified atom stereocenters. The molecule has 234 valence electrons. The van der Waals surface area contributed by atoms with E-state index in [1.165, 1.54) is 61.4 Å². The first-order valence-corrected chi connectivity index (χ1v) is 17.8. The van der Waals surface area contributed by atoms with Crippen molar-refractivity contribution in [2.24, 2.45) is 46.3 Å². The maximum atomic E-state index is 7.01. The number of ether oxygens (including phenoxy) is 2. The van der Waals surface area contributed by atoms with Gasteiger partial charge in [-0.2, -0.15) is 0 Å². The summed E-state index contributed by atoms with van der Waals surface area (Å²) in [7, 11) is 0. The molecule has 43 heavy (non-hydrogen) atoms. The lowest BCUT2D eigenvalue weighted by Crippen LogP contribution is -3.00. The third-order valence-electron chi connectivity index (χ3n) is 13.8. The summed E-state index contributed by atoms with van der Waals surface area (Å²) in [4.78, 5) is 0. The van der Waals surface area contributed by atoms with Crippen LogP contribution >= 0.6 is 15.9 Å². The third-order valence-corrected chi connectivity index (χ3v) is 14.6. The second kappa shape index (κ2) is 11.1. The number of benzene rings is 1. The smallest absolute Gasteiger partial charge is 0.244 e. The normalized spacial score (nSPS) is 45.0. The van der Waals surface area contributed by atoms with E-state index in [4.69, 9.17) is 9.47 Å². The fourth-order valence-corrected chi connectivity index (χ4v) is 11.9. The summed E-state index contributed by atoms with van der Waals surface area (Å²) in [6.45, 7) is 11.9. The Kier molecular flexibility index (Phi) is 7.92. The number of hydrogen-bond donors (Lipinski definition) is 0. The van der Waals surface area contributed by atoms with Gasteiger partial charge in [0.2, 0.25) is 6.33 Å². The van der Waals surface area contributed by atoms with Gasteiger partial charge in [0.1, 0.15) is 25.0 Å². The van der Waals surface area contributed by atoms with E-state index in [0.717, 1.165) is 37.3 Å². The molecule has 2 saturated heterocycles. The Labute approximate surface area is 277 Å². The molecule has 6 heteroatoms. The lowest BCUT2D eigenvalue weighted by atomic mass is 9.46. The van der Waals surface area contributed by atoms with E-state index in [-0.39, 0.29) is 22.8 Å². The number of halogens is 2. The fourth-order valence-electron chi connectivity index (χ4n) is 11.5. The zero-order valence-electron chi connectivity index (χ0n) is 26.5. The summed E-state index contributed by atoms with van der Waals surface area (Å²) in [6, 6.07) is 9.14. The number of aromatic nitrogens is 2. The Hall–Kier alpha value is -0.950. The Morgan fingerprint density at radius 3 is 2.67 bits per heavy atom. The highest BCUT2D eigenvalue weighted by atomic mass is 79.9. The molecule has 2 aliphatic heterocycles. The van der Waals surface area contributed by atoms with Crippen molar-refractivity contribution < 1.29 is 31.0 Å². The topological polar surface area (TPSA) is 27.3 Å². The van der Waals surface area contributed by atoms with Crippen LogP contribution in [0, 0.1) is 46.3 Å². The Bertz CT molecular complexity index is 1380. The molecule has 1 spiro atoms. The molecule has 0 radical (unpaired) electrons. The van der Waals surface area contributed by atoms with Crippen LogP contribution in [-0.2, 0) is 16.0 Å². The highest BCUT2D eigenvalue weighted by Crippen LogP contribution is 2.70. The first-order chi connectivity index (χ1) is 20.2. The van der Waals surface area contributed by atoms with Gasteiger partial charge in [-0.05, 0) is 91.4 Å². The van der Waals surface area contributed by atoms with Gasteiger partial charge in [-0.3, -0.25) is 0 Å². The van der Waals surface area contributed by atoms with E-state index in [9.17, 15) is 0 Å². The van der Waals surface area contributed by atoms with Crippen LogP contribution in [0.2, 0.25) is 0 Å². The zero-order chi connectivity index (χ0) is 28.9. The minimum Gasteiger partial charge on any atom is -1.00 e. The van der Waals surface area contributed by atoms with E-state index in [1.807, 2.05) is 0 Å². The summed E-state index contributed by atoms with van der Waals surface area (Å²) >= 11 is 3.72. The molecule has 1 aromatic carbocycles. The Morgan fingerprint density at radius 1 is 1.05 bits per heavy atom. The van der Waals surface area contributed by atoms with Gasteiger partial charge < -0.3 is 26.5 Å². The van der Waals surface area contributed by atoms with Crippen LogP contribution in [0.5, 0.6) is 0 Å². The average molecular weight is 715 g/mol. The van der Waals surface area contributed by atoms with Gasteiger partial charge >= 0.3 is 0 Å². The van der Waals surface area contributed by atoms with Crippen LogP contribution in [0.4, 0.5) is 0 Å². The molecule has 0 bridgehead atoms. The van der Waals surface area contributed by atoms with Gasteiger partial charge in [-0.25, -0.2) is 9.13 Å². The molecule has 6 aliphatic rings. The Balaban J connectivity index is 0.00000300. The summed E-state index contributed by atoms with van der Waals surface area (Å²) in [5.74, 6) is 3.97. The van der Waals surface area contributed by atoms with Gasteiger partial charge in [0, 0.05) is 28.8 Å². The number of allylic oxidation sites excluding steroid dienone is 2. The molecular weight excluding hydrogens is 664 g/mol. The van der Waals surface area contributed by atoms with Crippen molar-refractivity contribution in [2.45, 2.75) is 110 Å². The number of nitrogens with zero attached hydrogens (tertiary/aromatic N) is 2. The number of imidazole rings is 1. The van der Waals surface area contributed by atoms with E-state index in [0.29, 0.717) is 40.7 Å². The molecule has 4 aliphatic carbocycles. The predicted octanol–water partition coefficient (Wildman–Crippen LogP) is 5.50. The van der Waals surface area contributed by atoms with Crippen molar-refractivity contribution in [1.82, 2.24) is 4.57 Å². The number of hydrogen-bond acceptors (Lipinski definition) is 2. The second-order valence-corrected chi connectivity index (χ2v) is 16.7. The van der Waals surface area contributed by atoms with E-state index in [2.05, 4.69) is 102 Å². The van der Waals surface area contributed by atoms with Gasteiger partial charge in [-0.1, -0.05) is 73.5 Å². The van der Waals surface area contributed by atoms with Crippen molar-refractivity contribution in [3.63, 3.8) is 0 Å². The summed E-state index contributed by atoms with van der Waals surface area (Å²) in [6.07, 6.45) is 21.5. The quantitative estimate of drug-likeness (QED) is 0.311. The van der Waals surface area contributed by atoms with E-state index in [1.54, 1.807) is 5.57 Å². The number of fused-ring (bicyclic) bond motifs is 7. The van der Waals surface area contributed by atoms with Gasteiger partial charge in [0.15, 0.2) is 5.79 Å². The SMILES string of the molecule is C[C@@H]1CC[C@@]2(OC1)O[C@H]1C[C@H]3[C@@H]4CC=C5C[C@H](n6cc[n+](Cc7ccccc7Br)c6)CC[C@]5(C)[C@H]4CC[C@]3(C)[C@H]1[C@@H]2C.[Br-]. The lowest BCUT2D eigenvalue weighted by Gasteiger charge is -2.58. The zero-order valence-corrected chi connectivity index (χ0v) is 29.7. The summed E-state index contributed by atoms with van der Waals surface area (Å²) in [5, 5.41) is 0. The minimum atomic E-state index is -0.301. The molecule has 0 amide bonds. The third kappa shape index (κ3) is 4.73. The van der Waals surface area contributed by atoms with Gasteiger partial charge in [-0.15, -0.1) is 0 Å². The predicted molar refractivity (Wildman–Crippen MR) is 169 cm³/mol.